The molecule has 15 heavy (non-hydrogen) atoms. The number of aliphatic hydroxyl groups is 1. The zero-order chi connectivity index (χ0) is 11.4. The third kappa shape index (κ3) is 3.52. The van der Waals surface area contributed by atoms with E-state index in [-0.39, 0.29) is 23.7 Å². The minimum Gasteiger partial charge on any atom is -0.381 e. The van der Waals surface area contributed by atoms with Crippen molar-refractivity contribution in [3.8, 4) is 0 Å². The predicted octanol–water partition coefficient (Wildman–Crippen LogP) is -1.63. The first-order valence-electron chi connectivity index (χ1n) is 3.87. The van der Waals surface area contributed by atoms with Crippen LogP contribution in [0.4, 0.5) is 11.9 Å². The van der Waals surface area contributed by atoms with Gasteiger partial charge in [-0.3, -0.25) is 4.79 Å². The van der Waals surface area contributed by atoms with Gasteiger partial charge in [0.2, 0.25) is 23.1 Å². The SMILES string of the molecule is NC(=O)C(O)CNc1nc(N)nc(Cl)n1. The summed E-state index contributed by atoms with van der Waals surface area (Å²) in [4.78, 5) is 21.3. The van der Waals surface area contributed by atoms with Gasteiger partial charge in [0.15, 0.2) is 0 Å². The number of halogens is 1. The number of primary amides is 1. The molecule has 0 aliphatic carbocycles. The second-order valence-electron chi connectivity index (χ2n) is 2.59. The molecule has 0 spiro atoms. The average Bonchev–Trinajstić information content (AvgIpc) is 2.12. The van der Waals surface area contributed by atoms with Crippen molar-refractivity contribution in [1.82, 2.24) is 15.0 Å². The van der Waals surface area contributed by atoms with Gasteiger partial charge < -0.3 is 21.9 Å². The predicted molar refractivity (Wildman–Crippen MR) is 52.9 cm³/mol. The van der Waals surface area contributed by atoms with E-state index < -0.39 is 12.0 Å². The second-order valence-corrected chi connectivity index (χ2v) is 2.92. The average molecular weight is 233 g/mol. The number of amides is 1. The molecule has 1 rings (SSSR count). The molecule has 0 saturated heterocycles. The summed E-state index contributed by atoms with van der Waals surface area (Å²) in [5.74, 6) is -0.852. The molecule has 6 N–H and O–H groups in total. The lowest BCUT2D eigenvalue weighted by molar-refractivity contribution is -0.125. The Morgan fingerprint density at radius 3 is 2.73 bits per heavy atom. The lowest BCUT2D eigenvalue weighted by Gasteiger charge is -2.08. The molecule has 1 unspecified atom stereocenters. The topological polar surface area (TPSA) is 140 Å². The fourth-order valence-electron chi connectivity index (χ4n) is 0.733. The van der Waals surface area contributed by atoms with E-state index in [0.29, 0.717) is 0 Å². The van der Waals surface area contributed by atoms with Gasteiger partial charge in [0, 0.05) is 0 Å². The smallest absolute Gasteiger partial charge is 0.248 e. The lowest BCUT2D eigenvalue weighted by atomic mass is 10.3. The molecular formula is C6H9ClN6O2. The first-order chi connectivity index (χ1) is 6.99. The van der Waals surface area contributed by atoms with E-state index in [0.717, 1.165) is 0 Å². The van der Waals surface area contributed by atoms with E-state index in [2.05, 4.69) is 20.3 Å². The third-order valence-electron chi connectivity index (χ3n) is 1.41. The summed E-state index contributed by atoms with van der Waals surface area (Å²) in [7, 11) is 0. The first kappa shape index (κ1) is 11.4. The maximum Gasteiger partial charge on any atom is 0.248 e. The van der Waals surface area contributed by atoms with E-state index in [9.17, 15) is 4.79 Å². The third-order valence-corrected chi connectivity index (χ3v) is 1.58. The minimum absolute atomic E-state index is 0.0628. The monoisotopic (exact) mass is 232 g/mol. The molecule has 1 atom stereocenters. The fourth-order valence-corrected chi connectivity index (χ4v) is 0.900. The van der Waals surface area contributed by atoms with Crippen molar-refractivity contribution in [3.05, 3.63) is 5.28 Å². The number of nitrogens with two attached hydrogens (primary N) is 2. The molecule has 0 aromatic carbocycles. The molecule has 1 aromatic rings. The highest BCUT2D eigenvalue weighted by Gasteiger charge is 2.11. The number of anilines is 2. The van der Waals surface area contributed by atoms with Gasteiger partial charge in [-0.1, -0.05) is 0 Å². The molecule has 9 heteroatoms. The molecule has 0 aliphatic rings. The number of aromatic nitrogens is 3. The standard InChI is InChI=1S/C6H9ClN6O2/c7-4-11-5(9)13-6(12-4)10-1-2(14)3(8)15/h2,14H,1H2,(H2,8,15)(H3,9,10,11,12,13). The minimum atomic E-state index is -1.33. The van der Waals surface area contributed by atoms with Gasteiger partial charge in [0.1, 0.15) is 6.10 Å². The number of carbonyl (C=O) groups is 1. The number of aliphatic hydroxyl groups excluding tert-OH is 1. The molecule has 0 aliphatic heterocycles. The molecule has 82 valence electrons. The van der Waals surface area contributed by atoms with Crippen LogP contribution >= 0.6 is 11.6 Å². The summed E-state index contributed by atoms with van der Waals surface area (Å²) in [5.41, 5.74) is 10.1. The normalized spacial score (nSPS) is 12.1. The van der Waals surface area contributed by atoms with Gasteiger partial charge in [-0.05, 0) is 11.6 Å². The molecule has 0 fully saturated rings. The molecule has 8 nitrogen and oxygen atoms in total. The maximum atomic E-state index is 10.5. The second kappa shape index (κ2) is 4.71. The Labute approximate surface area is 89.7 Å². The first-order valence-corrected chi connectivity index (χ1v) is 4.25. The van der Waals surface area contributed by atoms with E-state index in [1.165, 1.54) is 0 Å². The van der Waals surface area contributed by atoms with Crippen LogP contribution in [-0.4, -0.2) is 38.6 Å². The van der Waals surface area contributed by atoms with Gasteiger partial charge in [0.05, 0.1) is 6.54 Å². The van der Waals surface area contributed by atoms with Crippen LogP contribution in [0.25, 0.3) is 0 Å². The van der Waals surface area contributed by atoms with E-state index in [1.807, 2.05) is 0 Å². The summed E-state index contributed by atoms with van der Waals surface area (Å²) in [6, 6.07) is 0. The van der Waals surface area contributed by atoms with Gasteiger partial charge >= 0.3 is 0 Å². The zero-order valence-corrected chi connectivity index (χ0v) is 8.27. The Kier molecular flexibility index (Phi) is 3.58. The highest BCUT2D eigenvalue weighted by Crippen LogP contribution is 2.06. The Morgan fingerprint density at radius 1 is 1.53 bits per heavy atom. The van der Waals surface area contributed by atoms with E-state index >= 15 is 0 Å². The molecule has 0 bridgehead atoms. The fraction of sp³-hybridized carbons (Fsp3) is 0.333. The van der Waals surface area contributed by atoms with Crippen molar-refractivity contribution in [2.45, 2.75) is 6.10 Å². The van der Waals surface area contributed by atoms with Crippen LogP contribution in [0.5, 0.6) is 0 Å². The van der Waals surface area contributed by atoms with Crippen LogP contribution < -0.4 is 16.8 Å². The zero-order valence-electron chi connectivity index (χ0n) is 7.51. The van der Waals surface area contributed by atoms with Crippen LogP contribution in [0, 0.1) is 0 Å². The highest BCUT2D eigenvalue weighted by molar-refractivity contribution is 6.28. The van der Waals surface area contributed by atoms with E-state index in [4.69, 9.17) is 28.2 Å². The van der Waals surface area contributed by atoms with Gasteiger partial charge in [-0.15, -0.1) is 0 Å². The number of nitrogen functional groups attached to an aromatic ring is 1. The molecule has 1 amide bonds. The number of nitrogens with one attached hydrogen (secondary N) is 1. The van der Waals surface area contributed by atoms with Crippen molar-refractivity contribution in [2.75, 3.05) is 17.6 Å². The summed E-state index contributed by atoms with van der Waals surface area (Å²) >= 11 is 5.49. The molecule has 0 radical (unpaired) electrons. The summed E-state index contributed by atoms with van der Waals surface area (Å²) in [6.45, 7) is -0.130. The van der Waals surface area contributed by atoms with E-state index in [1.54, 1.807) is 0 Å². The van der Waals surface area contributed by atoms with Crippen molar-refractivity contribution >= 4 is 29.4 Å². The van der Waals surface area contributed by atoms with Gasteiger partial charge in [-0.2, -0.15) is 15.0 Å². The van der Waals surface area contributed by atoms with Crippen LogP contribution in [0.3, 0.4) is 0 Å². The summed E-state index contributed by atoms with van der Waals surface area (Å²) < 4.78 is 0. The number of rotatable bonds is 4. The van der Waals surface area contributed by atoms with Gasteiger partial charge in [0.25, 0.3) is 0 Å². The summed E-state index contributed by atoms with van der Waals surface area (Å²) in [6.07, 6.45) is -1.33. The van der Waals surface area contributed by atoms with Crippen molar-refractivity contribution < 1.29 is 9.90 Å². The van der Waals surface area contributed by atoms with Crippen LogP contribution in [-0.2, 0) is 4.79 Å². The van der Waals surface area contributed by atoms with Gasteiger partial charge in [-0.25, -0.2) is 0 Å². The summed E-state index contributed by atoms with van der Waals surface area (Å²) in [5, 5.41) is 11.5. The Balaban J connectivity index is 2.61. The quantitative estimate of drug-likeness (QED) is 0.488. The van der Waals surface area contributed by atoms with Crippen LogP contribution in [0.15, 0.2) is 0 Å². The Hall–Kier alpha value is -1.67. The Bertz CT molecular complexity index is 352. The molecule has 0 saturated carbocycles. The highest BCUT2D eigenvalue weighted by atomic mass is 35.5. The lowest BCUT2D eigenvalue weighted by Crippen LogP contribution is -2.34. The van der Waals surface area contributed by atoms with Crippen molar-refractivity contribution in [3.63, 3.8) is 0 Å². The van der Waals surface area contributed by atoms with Crippen molar-refractivity contribution in [1.29, 1.82) is 0 Å². The molecule has 1 heterocycles. The van der Waals surface area contributed by atoms with Crippen molar-refractivity contribution in [2.24, 2.45) is 5.73 Å². The number of nitrogens with zero attached hydrogens (tertiary/aromatic N) is 3. The Morgan fingerprint density at radius 2 is 2.20 bits per heavy atom. The van der Waals surface area contributed by atoms with Crippen LogP contribution in [0.2, 0.25) is 5.28 Å². The largest absolute Gasteiger partial charge is 0.381 e. The molecule has 1 aromatic heterocycles. The number of hydrogen-bond acceptors (Lipinski definition) is 7. The van der Waals surface area contributed by atoms with Crippen LogP contribution in [0.1, 0.15) is 0 Å². The maximum absolute atomic E-state index is 10.5. The molecular weight excluding hydrogens is 224 g/mol. The number of hydrogen-bond donors (Lipinski definition) is 4. The number of carbonyl (C=O) groups excluding carboxylic acids is 1.